The number of aromatic nitrogens is 1. The van der Waals surface area contributed by atoms with E-state index in [0.29, 0.717) is 18.8 Å². The molecule has 24 heavy (non-hydrogen) atoms. The number of pyridine rings is 1. The Morgan fingerprint density at radius 3 is 2.62 bits per heavy atom. The smallest absolute Gasteiger partial charge is 0.272 e. The van der Waals surface area contributed by atoms with Crippen molar-refractivity contribution in [1.82, 2.24) is 9.88 Å². The Hall–Kier alpha value is -2.56. The van der Waals surface area contributed by atoms with Crippen molar-refractivity contribution in [3.63, 3.8) is 0 Å². The molecule has 5 nitrogen and oxygen atoms in total. The van der Waals surface area contributed by atoms with Gasteiger partial charge in [-0.1, -0.05) is 6.07 Å². The minimum Gasteiger partial charge on any atom is -0.494 e. The topological polar surface area (TPSA) is 45.7 Å². The lowest BCUT2D eigenvalue weighted by atomic mass is 10.2. The molecular weight excluding hydrogens is 302 g/mol. The molecule has 0 atom stereocenters. The maximum atomic E-state index is 12.5. The van der Waals surface area contributed by atoms with Crippen LogP contribution in [0, 0.1) is 0 Å². The number of carbonyl (C=O) groups is 1. The molecule has 0 unspecified atom stereocenters. The number of amides is 1. The third-order valence-corrected chi connectivity index (χ3v) is 4.18. The van der Waals surface area contributed by atoms with Crippen LogP contribution in [0.2, 0.25) is 0 Å². The summed E-state index contributed by atoms with van der Waals surface area (Å²) in [4.78, 5) is 20.9. The molecule has 0 saturated carbocycles. The van der Waals surface area contributed by atoms with Crippen molar-refractivity contribution in [2.45, 2.75) is 13.3 Å². The normalized spacial score (nSPS) is 15.0. The molecule has 1 aromatic heterocycles. The number of hydrogen-bond donors (Lipinski definition) is 0. The van der Waals surface area contributed by atoms with Crippen molar-refractivity contribution >= 4 is 11.6 Å². The van der Waals surface area contributed by atoms with E-state index in [0.717, 1.165) is 31.8 Å². The predicted molar refractivity (Wildman–Crippen MR) is 94.6 cm³/mol. The molecule has 1 amide bonds. The lowest BCUT2D eigenvalue weighted by Crippen LogP contribution is -2.35. The SMILES string of the molecule is CCOc1ccc(N2CCCN(C(=O)c3ccccn3)CC2)cc1. The molecule has 2 heterocycles. The summed E-state index contributed by atoms with van der Waals surface area (Å²) in [6.45, 7) is 5.90. The van der Waals surface area contributed by atoms with Crippen LogP contribution in [0.15, 0.2) is 48.7 Å². The first kappa shape index (κ1) is 16.3. The van der Waals surface area contributed by atoms with Crippen LogP contribution >= 0.6 is 0 Å². The summed E-state index contributed by atoms with van der Waals surface area (Å²) >= 11 is 0. The third kappa shape index (κ3) is 3.85. The molecule has 1 aromatic carbocycles. The summed E-state index contributed by atoms with van der Waals surface area (Å²) in [5.41, 5.74) is 1.69. The van der Waals surface area contributed by atoms with Gasteiger partial charge in [0.05, 0.1) is 6.61 Å². The van der Waals surface area contributed by atoms with Crippen LogP contribution in [-0.4, -0.2) is 48.6 Å². The zero-order chi connectivity index (χ0) is 16.8. The van der Waals surface area contributed by atoms with E-state index in [2.05, 4.69) is 22.0 Å². The second-order valence-corrected chi connectivity index (χ2v) is 5.77. The largest absolute Gasteiger partial charge is 0.494 e. The van der Waals surface area contributed by atoms with E-state index in [1.54, 1.807) is 12.3 Å². The van der Waals surface area contributed by atoms with Crippen LogP contribution in [0.5, 0.6) is 5.75 Å². The zero-order valence-corrected chi connectivity index (χ0v) is 14.0. The maximum Gasteiger partial charge on any atom is 0.272 e. The van der Waals surface area contributed by atoms with Gasteiger partial charge in [-0.3, -0.25) is 9.78 Å². The van der Waals surface area contributed by atoms with Crippen LogP contribution in [0.4, 0.5) is 5.69 Å². The third-order valence-electron chi connectivity index (χ3n) is 4.18. The van der Waals surface area contributed by atoms with Gasteiger partial charge in [-0.2, -0.15) is 0 Å². The Labute approximate surface area is 142 Å². The lowest BCUT2D eigenvalue weighted by molar-refractivity contribution is 0.0761. The lowest BCUT2D eigenvalue weighted by Gasteiger charge is -2.23. The van der Waals surface area contributed by atoms with Crippen molar-refractivity contribution < 1.29 is 9.53 Å². The minimum absolute atomic E-state index is 0.0177. The molecule has 1 saturated heterocycles. The van der Waals surface area contributed by atoms with E-state index in [1.165, 1.54) is 5.69 Å². The summed E-state index contributed by atoms with van der Waals surface area (Å²) in [7, 11) is 0. The second-order valence-electron chi connectivity index (χ2n) is 5.77. The highest BCUT2D eigenvalue weighted by atomic mass is 16.5. The van der Waals surface area contributed by atoms with Gasteiger partial charge in [0.1, 0.15) is 11.4 Å². The predicted octanol–water partition coefficient (Wildman–Crippen LogP) is 2.83. The van der Waals surface area contributed by atoms with Crippen LogP contribution < -0.4 is 9.64 Å². The fourth-order valence-electron chi connectivity index (χ4n) is 2.95. The molecule has 0 aliphatic carbocycles. The average Bonchev–Trinajstić information content (AvgIpc) is 2.89. The number of ether oxygens (including phenoxy) is 1. The van der Waals surface area contributed by atoms with Crippen molar-refractivity contribution in [1.29, 1.82) is 0 Å². The summed E-state index contributed by atoms with van der Waals surface area (Å²) in [5, 5.41) is 0. The summed E-state index contributed by atoms with van der Waals surface area (Å²) in [6.07, 6.45) is 2.61. The van der Waals surface area contributed by atoms with Crippen LogP contribution in [0.25, 0.3) is 0 Å². The molecule has 126 valence electrons. The van der Waals surface area contributed by atoms with Crippen LogP contribution in [0.3, 0.4) is 0 Å². The van der Waals surface area contributed by atoms with Gasteiger partial charge in [-0.15, -0.1) is 0 Å². The highest BCUT2D eigenvalue weighted by Crippen LogP contribution is 2.21. The van der Waals surface area contributed by atoms with Gasteiger partial charge in [0.25, 0.3) is 5.91 Å². The summed E-state index contributed by atoms with van der Waals surface area (Å²) in [5.74, 6) is 0.909. The van der Waals surface area contributed by atoms with E-state index in [9.17, 15) is 4.79 Å². The molecule has 1 fully saturated rings. The van der Waals surface area contributed by atoms with Gasteiger partial charge >= 0.3 is 0 Å². The van der Waals surface area contributed by atoms with Crippen molar-refractivity contribution in [2.75, 3.05) is 37.7 Å². The quantitative estimate of drug-likeness (QED) is 0.867. The fraction of sp³-hybridized carbons (Fsp3) is 0.368. The second kappa shape index (κ2) is 7.81. The number of hydrogen-bond acceptors (Lipinski definition) is 4. The Bertz CT molecular complexity index is 658. The van der Waals surface area contributed by atoms with E-state index < -0.39 is 0 Å². The van der Waals surface area contributed by atoms with Crippen molar-refractivity contribution in [2.24, 2.45) is 0 Å². The van der Waals surface area contributed by atoms with Crippen molar-refractivity contribution in [3.8, 4) is 5.75 Å². The van der Waals surface area contributed by atoms with E-state index in [-0.39, 0.29) is 5.91 Å². The van der Waals surface area contributed by atoms with Gasteiger partial charge in [-0.05, 0) is 49.7 Å². The molecule has 5 heteroatoms. The highest BCUT2D eigenvalue weighted by Gasteiger charge is 2.21. The van der Waals surface area contributed by atoms with Gasteiger partial charge < -0.3 is 14.5 Å². The van der Waals surface area contributed by atoms with E-state index >= 15 is 0 Å². The number of nitrogens with zero attached hydrogens (tertiary/aromatic N) is 3. The Kier molecular flexibility index (Phi) is 5.31. The number of anilines is 1. The maximum absolute atomic E-state index is 12.5. The average molecular weight is 325 g/mol. The zero-order valence-electron chi connectivity index (χ0n) is 14.0. The number of benzene rings is 1. The fourth-order valence-corrected chi connectivity index (χ4v) is 2.95. The van der Waals surface area contributed by atoms with Crippen molar-refractivity contribution in [3.05, 3.63) is 54.4 Å². The monoisotopic (exact) mass is 325 g/mol. The van der Waals surface area contributed by atoms with Crippen LogP contribution in [0.1, 0.15) is 23.8 Å². The first-order chi connectivity index (χ1) is 11.8. The first-order valence-electron chi connectivity index (χ1n) is 8.46. The number of carbonyl (C=O) groups excluding carboxylic acids is 1. The molecule has 0 N–H and O–H groups in total. The summed E-state index contributed by atoms with van der Waals surface area (Å²) < 4.78 is 5.49. The van der Waals surface area contributed by atoms with Gasteiger partial charge in [0, 0.05) is 38.1 Å². The Balaban J connectivity index is 1.63. The Morgan fingerprint density at radius 2 is 1.92 bits per heavy atom. The molecule has 1 aliphatic rings. The first-order valence-corrected chi connectivity index (χ1v) is 8.46. The molecule has 3 rings (SSSR count). The van der Waals surface area contributed by atoms with E-state index in [4.69, 9.17) is 4.74 Å². The molecule has 1 aliphatic heterocycles. The highest BCUT2D eigenvalue weighted by molar-refractivity contribution is 5.92. The molecule has 0 spiro atoms. The molecular formula is C19H23N3O2. The standard InChI is InChI=1S/C19H23N3O2/c1-2-24-17-9-7-16(8-10-17)21-12-5-13-22(15-14-21)19(23)18-6-3-4-11-20-18/h3-4,6-11H,2,5,12-15H2,1H3. The van der Waals surface area contributed by atoms with E-state index in [1.807, 2.05) is 36.1 Å². The summed E-state index contributed by atoms with van der Waals surface area (Å²) in [6, 6.07) is 13.6. The van der Waals surface area contributed by atoms with Crippen LogP contribution in [-0.2, 0) is 0 Å². The molecule has 2 aromatic rings. The number of rotatable bonds is 4. The van der Waals surface area contributed by atoms with Gasteiger partial charge in [-0.25, -0.2) is 0 Å². The van der Waals surface area contributed by atoms with Gasteiger partial charge in [0.15, 0.2) is 0 Å². The molecule has 0 radical (unpaired) electrons. The Morgan fingerprint density at radius 1 is 1.08 bits per heavy atom. The minimum atomic E-state index is 0.0177. The van der Waals surface area contributed by atoms with Gasteiger partial charge in [0.2, 0.25) is 0 Å². The molecule has 0 bridgehead atoms.